The van der Waals surface area contributed by atoms with E-state index >= 15 is 0 Å². The van der Waals surface area contributed by atoms with E-state index < -0.39 is 30.3 Å². The maximum absolute atomic E-state index is 14.0. The van der Waals surface area contributed by atoms with E-state index in [1.165, 1.54) is 24.3 Å². The van der Waals surface area contributed by atoms with Gasteiger partial charge >= 0.3 is 11.9 Å². The molecular formula is C23H25F2NO4. The smallest absolute Gasteiger partial charge is 0.335 e. The zero-order valence-electron chi connectivity index (χ0n) is 17.0. The van der Waals surface area contributed by atoms with Crippen molar-refractivity contribution in [3.8, 4) is 11.8 Å². The first-order valence-corrected chi connectivity index (χ1v) is 9.84. The minimum atomic E-state index is -3.47. The summed E-state index contributed by atoms with van der Waals surface area (Å²) in [5, 5.41) is 8.93. The number of nitrogens with zero attached hydrogens (tertiary/aromatic N) is 1. The van der Waals surface area contributed by atoms with Crippen molar-refractivity contribution in [1.82, 2.24) is 4.90 Å². The number of rotatable bonds is 8. The van der Waals surface area contributed by atoms with Crippen LogP contribution >= 0.6 is 0 Å². The number of allylic oxidation sites excluding steroid dienone is 1. The minimum absolute atomic E-state index is 0.0432. The van der Waals surface area contributed by atoms with Crippen molar-refractivity contribution in [2.45, 2.75) is 51.5 Å². The largest absolute Gasteiger partial charge is 0.478 e. The van der Waals surface area contributed by atoms with Crippen LogP contribution in [0, 0.1) is 17.8 Å². The standard InChI is InChI=1S/C23H25F2NO4/c1-3-4-5-6-16(2)20(27)12-11-19-15-23(24,25)22(30)26(19)14-13-17-7-9-18(10-8-17)21(28)29/h7-12,16,19H,3,6,13-15H2,1-2H3,(H,28,29)/b12-11+/t16?,19-/m0/s1. The van der Waals surface area contributed by atoms with Crippen LogP contribution in [0.15, 0.2) is 36.4 Å². The van der Waals surface area contributed by atoms with Crippen molar-refractivity contribution < 1.29 is 28.3 Å². The van der Waals surface area contributed by atoms with Crippen LogP contribution in [0.5, 0.6) is 0 Å². The molecule has 1 unspecified atom stereocenters. The first kappa shape index (κ1) is 23.3. The average molecular weight is 417 g/mol. The van der Waals surface area contributed by atoms with E-state index in [4.69, 9.17) is 5.11 Å². The van der Waals surface area contributed by atoms with Crippen LogP contribution in [0.3, 0.4) is 0 Å². The van der Waals surface area contributed by atoms with Gasteiger partial charge in [-0.05, 0) is 30.2 Å². The highest BCUT2D eigenvalue weighted by Crippen LogP contribution is 2.34. The van der Waals surface area contributed by atoms with Crippen LogP contribution in [-0.4, -0.2) is 46.2 Å². The number of alkyl halides is 2. The van der Waals surface area contributed by atoms with Gasteiger partial charge in [0, 0.05) is 31.7 Å². The zero-order valence-corrected chi connectivity index (χ0v) is 17.0. The third-order valence-corrected chi connectivity index (χ3v) is 4.96. The number of carboxylic acids is 1. The Bertz CT molecular complexity index is 881. The second-order valence-electron chi connectivity index (χ2n) is 7.30. The molecule has 1 heterocycles. The number of likely N-dealkylation sites (tertiary alicyclic amines) is 1. The van der Waals surface area contributed by atoms with Gasteiger partial charge in [-0.15, -0.1) is 11.8 Å². The molecule has 0 radical (unpaired) electrons. The molecule has 1 saturated heterocycles. The molecule has 7 heteroatoms. The fourth-order valence-electron chi connectivity index (χ4n) is 3.14. The molecule has 1 aliphatic rings. The summed E-state index contributed by atoms with van der Waals surface area (Å²) in [6.07, 6.45) is 3.36. The van der Waals surface area contributed by atoms with E-state index in [1.54, 1.807) is 19.1 Å². The number of hydrogen-bond acceptors (Lipinski definition) is 3. The summed E-state index contributed by atoms with van der Waals surface area (Å²) in [5.74, 6) is -0.561. The van der Waals surface area contributed by atoms with Crippen LogP contribution in [-0.2, 0) is 16.0 Å². The number of aromatic carboxylic acids is 1. The lowest BCUT2D eigenvalue weighted by Crippen LogP contribution is -2.37. The molecular weight excluding hydrogens is 392 g/mol. The summed E-state index contributed by atoms with van der Waals surface area (Å²) in [6.45, 7) is 3.68. The summed E-state index contributed by atoms with van der Waals surface area (Å²) >= 11 is 0. The van der Waals surface area contributed by atoms with Crippen molar-refractivity contribution in [2.75, 3.05) is 6.54 Å². The van der Waals surface area contributed by atoms with Crippen molar-refractivity contribution >= 4 is 17.7 Å². The number of benzene rings is 1. The average Bonchev–Trinajstić information content (AvgIpc) is 2.93. The van der Waals surface area contributed by atoms with Crippen LogP contribution in [0.1, 0.15) is 49.0 Å². The normalized spacial score (nSPS) is 18.9. The van der Waals surface area contributed by atoms with E-state index in [0.717, 1.165) is 10.5 Å². The van der Waals surface area contributed by atoms with Gasteiger partial charge in [0.25, 0.3) is 5.91 Å². The highest BCUT2D eigenvalue weighted by molar-refractivity contribution is 5.92. The van der Waals surface area contributed by atoms with Crippen molar-refractivity contribution in [1.29, 1.82) is 0 Å². The van der Waals surface area contributed by atoms with Gasteiger partial charge in [-0.3, -0.25) is 9.59 Å². The van der Waals surface area contributed by atoms with Crippen molar-refractivity contribution in [3.63, 3.8) is 0 Å². The Kier molecular flexibility index (Phi) is 7.87. The molecule has 0 aliphatic carbocycles. The number of ketones is 1. The second kappa shape index (κ2) is 10.1. The Hall–Kier alpha value is -3.01. The molecule has 1 N–H and O–H groups in total. The SMILES string of the molecule is CCC#CCC(C)C(=O)/C=C/[C@H]1CC(F)(F)C(=O)N1CCc1ccc(C(=O)O)cc1. The van der Waals surface area contributed by atoms with Gasteiger partial charge < -0.3 is 10.0 Å². The van der Waals surface area contributed by atoms with Crippen LogP contribution in [0.2, 0.25) is 0 Å². The molecule has 0 saturated carbocycles. The Morgan fingerprint density at radius 2 is 1.97 bits per heavy atom. The molecule has 0 spiro atoms. The lowest BCUT2D eigenvalue weighted by atomic mass is 10.0. The number of hydrogen-bond donors (Lipinski definition) is 1. The molecule has 160 valence electrons. The number of halogens is 2. The lowest BCUT2D eigenvalue weighted by molar-refractivity contribution is -0.148. The van der Waals surface area contributed by atoms with E-state index in [2.05, 4.69) is 11.8 Å². The monoisotopic (exact) mass is 417 g/mol. The van der Waals surface area contributed by atoms with E-state index in [-0.39, 0.29) is 23.8 Å². The summed E-state index contributed by atoms with van der Waals surface area (Å²) in [6, 6.07) is 5.17. The van der Waals surface area contributed by atoms with Crippen LogP contribution in [0.25, 0.3) is 0 Å². The number of carbonyl (C=O) groups is 3. The van der Waals surface area contributed by atoms with Gasteiger partial charge in [0.1, 0.15) is 0 Å². The fourth-order valence-corrected chi connectivity index (χ4v) is 3.14. The van der Waals surface area contributed by atoms with Crippen molar-refractivity contribution in [3.05, 3.63) is 47.5 Å². The second-order valence-corrected chi connectivity index (χ2v) is 7.30. The van der Waals surface area contributed by atoms with E-state index in [1.807, 2.05) is 6.92 Å². The minimum Gasteiger partial charge on any atom is -0.478 e. The fraction of sp³-hybridized carbons (Fsp3) is 0.435. The number of carbonyl (C=O) groups excluding carboxylic acids is 2. The van der Waals surface area contributed by atoms with Gasteiger partial charge in [0.15, 0.2) is 5.78 Å². The molecule has 5 nitrogen and oxygen atoms in total. The number of carboxylic acid groups (broad SMARTS) is 1. The quantitative estimate of drug-likeness (QED) is 0.517. The predicted molar refractivity (Wildman–Crippen MR) is 108 cm³/mol. The summed E-state index contributed by atoms with van der Waals surface area (Å²) in [4.78, 5) is 36.3. The molecule has 0 bridgehead atoms. The Morgan fingerprint density at radius 1 is 1.30 bits per heavy atom. The summed E-state index contributed by atoms with van der Waals surface area (Å²) < 4.78 is 28.0. The molecule has 1 fully saturated rings. The van der Waals surface area contributed by atoms with Crippen molar-refractivity contribution in [2.24, 2.45) is 5.92 Å². The molecule has 2 rings (SSSR count). The third kappa shape index (κ3) is 5.99. The molecule has 1 amide bonds. The van der Waals surface area contributed by atoms with Gasteiger partial charge in [0.2, 0.25) is 0 Å². The van der Waals surface area contributed by atoms with Crippen LogP contribution < -0.4 is 0 Å². The van der Waals surface area contributed by atoms with Gasteiger partial charge in [-0.1, -0.05) is 32.1 Å². The third-order valence-electron chi connectivity index (χ3n) is 4.96. The maximum atomic E-state index is 14.0. The van der Waals surface area contributed by atoms with Gasteiger partial charge in [0.05, 0.1) is 11.6 Å². The topological polar surface area (TPSA) is 74.7 Å². The molecule has 1 aromatic carbocycles. The Labute approximate surface area is 174 Å². The highest BCUT2D eigenvalue weighted by Gasteiger charge is 2.52. The first-order valence-electron chi connectivity index (χ1n) is 9.84. The molecule has 0 aromatic heterocycles. The number of amides is 1. The van der Waals surface area contributed by atoms with E-state index in [9.17, 15) is 23.2 Å². The van der Waals surface area contributed by atoms with Crippen LogP contribution in [0.4, 0.5) is 8.78 Å². The Morgan fingerprint density at radius 3 is 2.57 bits per heavy atom. The van der Waals surface area contributed by atoms with Gasteiger partial charge in [-0.25, -0.2) is 4.79 Å². The first-order chi connectivity index (χ1) is 14.2. The van der Waals surface area contributed by atoms with E-state index in [0.29, 0.717) is 19.3 Å². The molecule has 1 aliphatic heterocycles. The summed E-state index contributed by atoms with van der Waals surface area (Å²) in [7, 11) is 0. The van der Waals surface area contributed by atoms with Gasteiger partial charge in [-0.2, -0.15) is 8.78 Å². The highest BCUT2D eigenvalue weighted by atomic mass is 19.3. The zero-order chi connectivity index (χ0) is 22.3. The predicted octanol–water partition coefficient (Wildman–Crippen LogP) is 3.73. The Balaban J connectivity index is 2.05. The molecule has 1 aromatic rings. The molecule has 2 atom stereocenters. The summed E-state index contributed by atoms with van der Waals surface area (Å²) in [5.41, 5.74) is 0.851. The lowest BCUT2D eigenvalue weighted by Gasteiger charge is -2.21. The molecule has 30 heavy (non-hydrogen) atoms. The maximum Gasteiger partial charge on any atom is 0.335 e.